The average Bonchev–Trinajstić information content (AvgIpc) is 3.13. The van der Waals surface area contributed by atoms with Gasteiger partial charge in [-0.05, 0) is 37.6 Å². The van der Waals surface area contributed by atoms with Crippen LogP contribution in [-0.2, 0) is 0 Å². The summed E-state index contributed by atoms with van der Waals surface area (Å²) >= 11 is 0. The number of phenols is 1. The molecule has 0 spiro atoms. The minimum atomic E-state index is -0.384. The van der Waals surface area contributed by atoms with E-state index in [2.05, 4.69) is 20.4 Å². The number of anilines is 4. The summed E-state index contributed by atoms with van der Waals surface area (Å²) in [6.07, 6.45) is 3.16. The highest BCUT2D eigenvalue weighted by Gasteiger charge is 2.20. The van der Waals surface area contributed by atoms with Crippen molar-refractivity contribution in [1.82, 2.24) is 24.6 Å². The maximum Gasteiger partial charge on any atom is 0.173 e. The Hall–Kier alpha value is -4.39. The van der Waals surface area contributed by atoms with E-state index >= 15 is 0 Å². The predicted molar refractivity (Wildman–Crippen MR) is 117 cm³/mol. The summed E-state index contributed by atoms with van der Waals surface area (Å²) in [6, 6.07) is 10.5. The Balaban J connectivity index is 1.78. The summed E-state index contributed by atoms with van der Waals surface area (Å²) < 4.78 is 1.77. The minimum Gasteiger partial charge on any atom is -0.508 e. The summed E-state index contributed by atoms with van der Waals surface area (Å²) in [6.45, 7) is 3.86. The molecule has 0 amide bonds. The summed E-state index contributed by atoms with van der Waals surface area (Å²) in [7, 11) is 1.88. The van der Waals surface area contributed by atoms with E-state index < -0.39 is 0 Å². The van der Waals surface area contributed by atoms with Gasteiger partial charge in [0.25, 0.3) is 0 Å². The van der Waals surface area contributed by atoms with Gasteiger partial charge in [-0.3, -0.25) is 0 Å². The van der Waals surface area contributed by atoms with Gasteiger partial charge in [0.05, 0.1) is 6.04 Å². The molecule has 10 nitrogen and oxygen atoms in total. The molecule has 0 aliphatic heterocycles. The van der Waals surface area contributed by atoms with Gasteiger partial charge in [0.15, 0.2) is 11.6 Å². The number of aromatic hydroxyl groups is 1. The van der Waals surface area contributed by atoms with Gasteiger partial charge in [-0.1, -0.05) is 6.07 Å². The van der Waals surface area contributed by atoms with Crippen molar-refractivity contribution in [1.29, 1.82) is 5.26 Å². The molecule has 0 saturated heterocycles. The Morgan fingerprint density at radius 3 is 2.84 bits per heavy atom. The lowest BCUT2D eigenvalue weighted by molar-refractivity contribution is 0.475. The molecule has 0 bridgehead atoms. The summed E-state index contributed by atoms with van der Waals surface area (Å²) in [5.74, 6) is 1.76. The number of benzene rings is 1. The number of nitrogens with two attached hydrogens (primary N) is 1. The Kier molecular flexibility index (Phi) is 5.00. The number of nitrogen functional groups attached to an aromatic ring is 1. The van der Waals surface area contributed by atoms with E-state index in [4.69, 9.17) is 10.7 Å². The van der Waals surface area contributed by atoms with Crippen LogP contribution in [0.2, 0.25) is 0 Å². The van der Waals surface area contributed by atoms with Gasteiger partial charge >= 0.3 is 0 Å². The third kappa shape index (κ3) is 3.64. The quantitative estimate of drug-likeness (QED) is 0.448. The molecule has 1 aromatic carbocycles. The average molecular weight is 415 g/mol. The van der Waals surface area contributed by atoms with Crippen molar-refractivity contribution in [2.45, 2.75) is 19.9 Å². The number of hydrogen-bond acceptors (Lipinski definition) is 9. The highest BCUT2D eigenvalue weighted by Crippen LogP contribution is 2.31. The lowest BCUT2D eigenvalue weighted by Gasteiger charge is -2.22. The molecule has 4 aromatic rings. The van der Waals surface area contributed by atoms with Crippen molar-refractivity contribution in [2.24, 2.45) is 0 Å². The Labute approximate surface area is 178 Å². The Bertz CT molecular complexity index is 1310. The van der Waals surface area contributed by atoms with Crippen LogP contribution in [0.25, 0.3) is 5.52 Å². The van der Waals surface area contributed by atoms with Gasteiger partial charge < -0.3 is 21.1 Å². The summed E-state index contributed by atoms with van der Waals surface area (Å²) in [5, 5.41) is 27.1. The van der Waals surface area contributed by atoms with Gasteiger partial charge in [-0.2, -0.15) is 10.4 Å². The smallest absolute Gasteiger partial charge is 0.173 e. The van der Waals surface area contributed by atoms with Crippen LogP contribution >= 0.6 is 0 Å². The molecule has 0 aliphatic rings. The third-order valence-electron chi connectivity index (χ3n) is 4.97. The molecule has 4 rings (SSSR count). The lowest BCUT2D eigenvalue weighted by Crippen LogP contribution is -2.19. The fourth-order valence-corrected chi connectivity index (χ4v) is 3.30. The van der Waals surface area contributed by atoms with Crippen molar-refractivity contribution < 1.29 is 5.11 Å². The topological polar surface area (TPSA) is 141 Å². The SMILES string of the molecule is Cc1ccn2nc(C(C)Nc3ncnc(N)c3C#N)nc(N(C)c3cccc(O)c3)c12. The third-order valence-corrected chi connectivity index (χ3v) is 4.97. The zero-order chi connectivity index (χ0) is 22.1. The van der Waals surface area contributed by atoms with Crippen LogP contribution in [0, 0.1) is 18.3 Å². The number of fused-ring (bicyclic) bond motifs is 1. The van der Waals surface area contributed by atoms with Crippen molar-refractivity contribution in [3.8, 4) is 11.8 Å². The molecular formula is C21H21N9O. The van der Waals surface area contributed by atoms with Crippen LogP contribution < -0.4 is 16.0 Å². The first-order valence-electron chi connectivity index (χ1n) is 9.54. The Morgan fingerprint density at radius 1 is 1.29 bits per heavy atom. The molecule has 0 fully saturated rings. The molecule has 4 N–H and O–H groups in total. The fourth-order valence-electron chi connectivity index (χ4n) is 3.30. The molecule has 0 radical (unpaired) electrons. The number of nitrogens with zero attached hydrogens (tertiary/aromatic N) is 7. The van der Waals surface area contributed by atoms with Crippen LogP contribution in [0.1, 0.15) is 29.9 Å². The van der Waals surface area contributed by atoms with Gasteiger partial charge in [-0.15, -0.1) is 0 Å². The van der Waals surface area contributed by atoms with Gasteiger partial charge in [0, 0.05) is 25.0 Å². The maximum atomic E-state index is 9.89. The number of nitriles is 1. The standard InChI is InChI=1S/C21H21N9O/c1-12-7-8-30-17(12)21(29(3)14-5-4-6-15(31)9-14)27-19(28-30)13(2)26-20-16(10-22)18(23)24-11-25-20/h4-9,11,13,31H,1-3H3,(H3,23,24,25,26). The number of aryl methyl sites for hydroxylation is 1. The zero-order valence-corrected chi connectivity index (χ0v) is 17.3. The fraction of sp³-hybridized carbons (Fsp3) is 0.190. The second-order valence-electron chi connectivity index (χ2n) is 7.12. The van der Waals surface area contributed by atoms with E-state index in [-0.39, 0.29) is 23.2 Å². The lowest BCUT2D eigenvalue weighted by atomic mass is 10.2. The minimum absolute atomic E-state index is 0.105. The first-order chi connectivity index (χ1) is 14.9. The van der Waals surface area contributed by atoms with E-state index in [9.17, 15) is 10.4 Å². The molecule has 31 heavy (non-hydrogen) atoms. The van der Waals surface area contributed by atoms with E-state index in [0.717, 1.165) is 16.8 Å². The van der Waals surface area contributed by atoms with Crippen LogP contribution in [0.3, 0.4) is 0 Å². The zero-order valence-electron chi connectivity index (χ0n) is 17.3. The highest BCUT2D eigenvalue weighted by atomic mass is 16.3. The summed E-state index contributed by atoms with van der Waals surface area (Å²) in [5.41, 5.74) is 8.61. The largest absolute Gasteiger partial charge is 0.508 e. The van der Waals surface area contributed by atoms with Crippen molar-refractivity contribution >= 4 is 28.7 Å². The van der Waals surface area contributed by atoms with Crippen LogP contribution in [0.15, 0.2) is 42.9 Å². The maximum absolute atomic E-state index is 9.89. The van der Waals surface area contributed by atoms with Crippen molar-refractivity contribution in [3.63, 3.8) is 0 Å². The molecule has 0 saturated carbocycles. The second kappa shape index (κ2) is 7.79. The van der Waals surface area contributed by atoms with Crippen LogP contribution in [-0.4, -0.2) is 36.7 Å². The predicted octanol–water partition coefficient (Wildman–Crippen LogP) is 2.93. The molecule has 0 aliphatic carbocycles. The van der Waals surface area contributed by atoms with Gasteiger partial charge in [-0.25, -0.2) is 19.5 Å². The number of rotatable bonds is 5. The van der Waals surface area contributed by atoms with Crippen molar-refractivity contribution in [3.05, 3.63) is 59.8 Å². The molecular weight excluding hydrogens is 394 g/mol. The molecule has 156 valence electrons. The summed E-state index contributed by atoms with van der Waals surface area (Å²) in [4.78, 5) is 14.7. The van der Waals surface area contributed by atoms with Crippen molar-refractivity contribution in [2.75, 3.05) is 23.0 Å². The molecule has 1 unspecified atom stereocenters. The Morgan fingerprint density at radius 2 is 2.10 bits per heavy atom. The van der Waals surface area contributed by atoms with E-state index in [1.165, 1.54) is 6.33 Å². The van der Waals surface area contributed by atoms with E-state index in [1.54, 1.807) is 22.7 Å². The highest BCUT2D eigenvalue weighted by molar-refractivity contribution is 5.78. The van der Waals surface area contributed by atoms with Crippen LogP contribution in [0.4, 0.5) is 23.1 Å². The first kappa shape index (κ1) is 19.9. The molecule has 10 heteroatoms. The number of nitrogens with one attached hydrogen (secondary N) is 1. The number of aromatic nitrogens is 5. The van der Waals surface area contributed by atoms with Gasteiger partial charge in [0.1, 0.15) is 40.9 Å². The molecule has 1 atom stereocenters. The second-order valence-corrected chi connectivity index (χ2v) is 7.12. The van der Waals surface area contributed by atoms with Crippen LogP contribution in [0.5, 0.6) is 5.75 Å². The van der Waals surface area contributed by atoms with E-state index in [0.29, 0.717) is 17.5 Å². The first-order valence-corrected chi connectivity index (χ1v) is 9.54. The molecule has 3 aromatic heterocycles. The van der Waals surface area contributed by atoms with E-state index in [1.807, 2.05) is 50.2 Å². The van der Waals surface area contributed by atoms with Gasteiger partial charge in [0.2, 0.25) is 0 Å². The number of hydrogen-bond donors (Lipinski definition) is 3. The normalized spacial score (nSPS) is 11.8. The number of phenolic OH excluding ortho intramolecular Hbond substituents is 1. The molecule has 3 heterocycles. The monoisotopic (exact) mass is 415 g/mol.